The van der Waals surface area contributed by atoms with E-state index < -0.39 is 0 Å². The maximum absolute atomic E-state index is 5.52. The molecule has 0 aliphatic heterocycles. The van der Waals surface area contributed by atoms with E-state index in [9.17, 15) is 0 Å². The number of hydrogen-bond acceptors (Lipinski definition) is 2. The SMILES string of the molecule is CCSc1ccc(CCNCCl)cc1. The zero-order valence-corrected chi connectivity index (χ0v) is 10.00. The fraction of sp³-hybridized carbons (Fsp3) is 0.455. The third-order valence-corrected chi connectivity index (χ3v) is 3.00. The summed E-state index contributed by atoms with van der Waals surface area (Å²) in [6, 6.07) is 9.28. The van der Waals surface area contributed by atoms with Crippen LogP contribution in [0.3, 0.4) is 0 Å². The van der Waals surface area contributed by atoms with Gasteiger partial charge >= 0.3 is 0 Å². The molecule has 0 saturated carbocycles. The molecule has 0 heterocycles. The zero-order valence-electron chi connectivity index (χ0n) is 8.42. The van der Waals surface area contributed by atoms with Gasteiger partial charge in [-0.1, -0.05) is 19.1 Å². The van der Waals surface area contributed by atoms with Crippen LogP contribution in [0, 0.1) is 0 Å². The number of halogens is 1. The Balaban J connectivity index is 2.38. The Kier molecular flexibility index (Phi) is 6.08. The Morgan fingerprint density at radius 1 is 1.29 bits per heavy atom. The lowest BCUT2D eigenvalue weighted by molar-refractivity contribution is 0.770. The summed E-state index contributed by atoms with van der Waals surface area (Å²) < 4.78 is 0. The monoisotopic (exact) mass is 229 g/mol. The molecule has 0 fully saturated rings. The van der Waals surface area contributed by atoms with Gasteiger partial charge in [-0.15, -0.1) is 23.4 Å². The molecule has 14 heavy (non-hydrogen) atoms. The van der Waals surface area contributed by atoms with Crippen LogP contribution in [0.25, 0.3) is 0 Å². The highest BCUT2D eigenvalue weighted by atomic mass is 35.5. The first kappa shape index (κ1) is 11.9. The molecule has 1 N–H and O–H groups in total. The van der Waals surface area contributed by atoms with Gasteiger partial charge in [0.1, 0.15) is 0 Å². The highest BCUT2D eigenvalue weighted by molar-refractivity contribution is 7.99. The van der Waals surface area contributed by atoms with Gasteiger partial charge in [-0.3, -0.25) is 0 Å². The first-order valence-electron chi connectivity index (χ1n) is 4.85. The van der Waals surface area contributed by atoms with Crippen LogP contribution in [-0.4, -0.2) is 18.3 Å². The van der Waals surface area contributed by atoms with Gasteiger partial charge in [0.25, 0.3) is 0 Å². The topological polar surface area (TPSA) is 12.0 Å². The van der Waals surface area contributed by atoms with Gasteiger partial charge in [0, 0.05) is 11.4 Å². The summed E-state index contributed by atoms with van der Waals surface area (Å²) in [5, 5.41) is 3.10. The first-order chi connectivity index (χ1) is 6.86. The van der Waals surface area contributed by atoms with Crippen molar-refractivity contribution >= 4 is 23.4 Å². The summed E-state index contributed by atoms with van der Waals surface area (Å²) >= 11 is 7.40. The molecule has 0 atom stereocenters. The van der Waals surface area contributed by atoms with Crippen LogP contribution in [0.2, 0.25) is 0 Å². The summed E-state index contributed by atoms with van der Waals surface area (Å²) in [7, 11) is 0. The largest absolute Gasteiger partial charge is 0.304 e. The minimum absolute atomic E-state index is 0.532. The van der Waals surface area contributed by atoms with Gasteiger partial charge in [0.2, 0.25) is 0 Å². The third kappa shape index (κ3) is 4.36. The number of thioether (sulfide) groups is 1. The maximum atomic E-state index is 5.52. The van der Waals surface area contributed by atoms with Gasteiger partial charge in [-0.2, -0.15) is 0 Å². The molecule has 0 aromatic heterocycles. The van der Waals surface area contributed by atoms with Gasteiger partial charge < -0.3 is 5.32 Å². The lowest BCUT2D eigenvalue weighted by atomic mass is 10.1. The standard InChI is InChI=1S/C11H16ClNS/c1-2-14-11-5-3-10(4-6-11)7-8-13-9-12/h3-6,13H,2,7-9H2,1H3. The summed E-state index contributed by atoms with van der Waals surface area (Å²) in [5.41, 5.74) is 1.36. The fourth-order valence-electron chi connectivity index (χ4n) is 1.22. The Labute approximate surface area is 95.2 Å². The predicted molar refractivity (Wildman–Crippen MR) is 65.3 cm³/mol. The molecule has 0 amide bonds. The summed E-state index contributed by atoms with van der Waals surface area (Å²) in [6.45, 7) is 3.12. The van der Waals surface area contributed by atoms with Crippen LogP contribution in [0.5, 0.6) is 0 Å². The van der Waals surface area contributed by atoms with E-state index in [0.29, 0.717) is 6.00 Å². The maximum Gasteiger partial charge on any atom is 0.0713 e. The molecule has 0 aliphatic rings. The molecular weight excluding hydrogens is 214 g/mol. The lowest BCUT2D eigenvalue weighted by Crippen LogP contribution is -2.14. The van der Waals surface area contributed by atoms with Gasteiger partial charge in [0.15, 0.2) is 0 Å². The summed E-state index contributed by atoms with van der Waals surface area (Å²) in [4.78, 5) is 1.35. The average molecular weight is 230 g/mol. The molecular formula is C11H16ClNS. The smallest absolute Gasteiger partial charge is 0.0713 e. The van der Waals surface area contributed by atoms with Gasteiger partial charge in [0.05, 0.1) is 6.00 Å². The number of rotatable bonds is 6. The van der Waals surface area contributed by atoms with Crippen LogP contribution in [-0.2, 0) is 6.42 Å². The zero-order chi connectivity index (χ0) is 10.2. The van der Waals surface area contributed by atoms with Crippen molar-refractivity contribution in [1.82, 2.24) is 5.32 Å². The summed E-state index contributed by atoms with van der Waals surface area (Å²) in [5.74, 6) is 1.13. The number of alkyl halides is 1. The Bertz CT molecular complexity index is 248. The quantitative estimate of drug-likeness (QED) is 0.348. The van der Waals surface area contributed by atoms with E-state index in [0.717, 1.165) is 18.7 Å². The fourth-order valence-corrected chi connectivity index (χ4v) is 2.01. The van der Waals surface area contributed by atoms with Crippen molar-refractivity contribution in [2.24, 2.45) is 0 Å². The molecule has 0 unspecified atom stereocenters. The second-order valence-electron chi connectivity index (χ2n) is 2.96. The minimum atomic E-state index is 0.532. The third-order valence-electron chi connectivity index (χ3n) is 1.92. The molecule has 0 spiro atoms. The van der Waals surface area contributed by atoms with Crippen LogP contribution in [0.15, 0.2) is 29.2 Å². The molecule has 1 aromatic carbocycles. The number of hydrogen-bond donors (Lipinski definition) is 1. The predicted octanol–water partition coefficient (Wildman–Crippen LogP) is 3.13. The molecule has 0 aliphatic carbocycles. The average Bonchev–Trinajstić information content (AvgIpc) is 2.21. The van der Waals surface area contributed by atoms with Crippen molar-refractivity contribution in [1.29, 1.82) is 0 Å². The van der Waals surface area contributed by atoms with Crippen LogP contribution in [0.4, 0.5) is 0 Å². The Morgan fingerprint density at radius 3 is 2.57 bits per heavy atom. The van der Waals surface area contributed by atoms with Crippen molar-refractivity contribution < 1.29 is 0 Å². The van der Waals surface area contributed by atoms with Crippen molar-refractivity contribution in [2.45, 2.75) is 18.2 Å². The second-order valence-corrected chi connectivity index (χ2v) is 4.57. The summed E-state index contributed by atoms with van der Waals surface area (Å²) in [6.07, 6.45) is 1.05. The molecule has 1 nitrogen and oxygen atoms in total. The van der Waals surface area contributed by atoms with Crippen LogP contribution in [0.1, 0.15) is 12.5 Å². The lowest BCUT2D eigenvalue weighted by Gasteiger charge is -2.03. The van der Waals surface area contributed by atoms with Crippen molar-refractivity contribution in [2.75, 3.05) is 18.3 Å². The minimum Gasteiger partial charge on any atom is -0.304 e. The molecule has 78 valence electrons. The Morgan fingerprint density at radius 2 is 2.00 bits per heavy atom. The Hall–Kier alpha value is -0.180. The van der Waals surface area contributed by atoms with Crippen molar-refractivity contribution in [3.05, 3.63) is 29.8 Å². The van der Waals surface area contributed by atoms with E-state index in [1.54, 1.807) is 0 Å². The van der Waals surface area contributed by atoms with Gasteiger partial charge in [-0.05, 0) is 29.9 Å². The molecule has 1 rings (SSSR count). The van der Waals surface area contributed by atoms with E-state index in [-0.39, 0.29) is 0 Å². The van der Waals surface area contributed by atoms with E-state index in [4.69, 9.17) is 11.6 Å². The van der Waals surface area contributed by atoms with Crippen molar-refractivity contribution in [3.8, 4) is 0 Å². The van der Waals surface area contributed by atoms with E-state index in [2.05, 4.69) is 36.5 Å². The first-order valence-corrected chi connectivity index (χ1v) is 6.37. The highest BCUT2D eigenvalue weighted by Gasteiger charge is 1.94. The van der Waals surface area contributed by atoms with Crippen LogP contribution < -0.4 is 5.32 Å². The van der Waals surface area contributed by atoms with E-state index in [1.165, 1.54) is 10.5 Å². The van der Waals surface area contributed by atoms with E-state index >= 15 is 0 Å². The van der Waals surface area contributed by atoms with Gasteiger partial charge in [-0.25, -0.2) is 0 Å². The number of nitrogens with one attached hydrogen (secondary N) is 1. The highest BCUT2D eigenvalue weighted by Crippen LogP contribution is 2.17. The number of benzene rings is 1. The van der Waals surface area contributed by atoms with Crippen LogP contribution >= 0.6 is 23.4 Å². The molecule has 3 heteroatoms. The molecule has 0 radical (unpaired) electrons. The molecule has 0 saturated heterocycles. The second kappa shape index (κ2) is 7.16. The van der Waals surface area contributed by atoms with Crippen molar-refractivity contribution in [3.63, 3.8) is 0 Å². The molecule has 1 aromatic rings. The normalized spacial score (nSPS) is 10.4. The van der Waals surface area contributed by atoms with E-state index in [1.807, 2.05) is 11.8 Å². The molecule has 0 bridgehead atoms.